The van der Waals surface area contributed by atoms with Crippen LogP contribution in [0.5, 0.6) is 0 Å². The highest BCUT2D eigenvalue weighted by Crippen LogP contribution is 2.31. The second kappa shape index (κ2) is 8.06. The summed E-state index contributed by atoms with van der Waals surface area (Å²) in [5, 5.41) is 3.28. The Labute approximate surface area is 160 Å². The molecule has 6 nitrogen and oxygen atoms in total. The van der Waals surface area contributed by atoms with Gasteiger partial charge in [-0.25, -0.2) is 4.98 Å². The smallest absolute Gasteiger partial charge is 0.255 e. The van der Waals surface area contributed by atoms with E-state index in [1.165, 1.54) is 5.56 Å². The molecule has 2 aliphatic heterocycles. The molecule has 1 aromatic carbocycles. The first-order valence-corrected chi connectivity index (χ1v) is 9.58. The van der Waals surface area contributed by atoms with E-state index in [4.69, 9.17) is 4.74 Å². The van der Waals surface area contributed by atoms with Gasteiger partial charge in [-0.3, -0.25) is 9.69 Å². The van der Waals surface area contributed by atoms with Gasteiger partial charge in [0.25, 0.3) is 5.91 Å². The number of aromatic nitrogens is 1. The highest BCUT2D eigenvalue weighted by atomic mass is 16.5. The maximum absolute atomic E-state index is 13.1. The van der Waals surface area contributed by atoms with E-state index in [0.717, 1.165) is 31.9 Å². The third kappa shape index (κ3) is 3.82. The van der Waals surface area contributed by atoms with Gasteiger partial charge in [-0.2, -0.15) is 0 Å². The number of likely N-dealkylation sites (N-methyl/N-ethyl adjacent to an activating group) is 1. The molecule has 2 fully saturated rings. The molecule has 27 heavy (non-hydrogen) atoms. The quantitative estimate of drug-likeness (QED) is 0.898. The van der Waals surface area contributed by atoms with Crippen molar-refractivity contribution in [2.75, 3.05) is 44.8 Å². The van der Waals surface area contributed by atoms with Crippen LogP contribution in [0.3, 0.4) is 0 Å². The van der Waals surface area contributed by atoms with Crippen LogP contribution in [0.4, 0.5) is 5.82 Å². The number of anilines is 1. The number of carbonyl (C=O) groups is 1. The Hall–Kier alpha value is -2.44. The number of pyridine rings is 1. The predicted octanol–water partition coefficient (Wildman–Crippen LogP) is 2.09. The largest absolute Gasteiger partial charge is 0.378 e. The number of benzene rings is 1. The van der Waals surface area contributed by atoms with Crippen LogP contribution >= 0.6 is 0 Å². The van der Waals surface area contributed by atoms with Crippen molar-refractivity contribution in [3.05, 3.63) is 59.8 Å². The first-order valence-electron chi connectivity index (χ1n) is 9.58. The number of ether oxygens (including phenoxy) is 1. The van der Waals surface area contributed by atoms with Crippen molar-refractivity contribution in [3.63, 3.8) is 0 Å². The van der Waals surface area contributed by atoms with Crippen LogP contribution in [0.2, 0.25) is 0 Å². The van der Waals surface area contributed by atoms with Gasteiger partial charge in [0.05, 0.1) is 30.9 Å². The van der Waals surface area contributed by atoms with Crippen molar-refractivity contribution in [3.8, 4) is 0 Å². The van der Waals surface area contributed by atoms with Crippen molar-refractivity contribution in [2.24, 2.45) is 0 Å². The summed E-state index contributed by atoms with van der Waals surface area (Å²) in [5.74, 6) is 0.701. The van der Waals surface area contributed by atoms with Crippen LogP contribution in [0.25, 0.3) is 0 Å². The van der Waals surface area contributed by atoms with Crippen molar-refractivity contribution in [1.29, 1.82) is 0 Å². The summed E-state index contributed by atoms with van der Waals surface area (Å²) >= 11 is 0. The van der Waals surface area contributed by atoms with Crippen molar-refractivity contribution < 1.29 is 9.53 Å². The Balaban J connectivity index is 1.54. The first kappa shape index (κ1) is 17.9. The molecule has 3 heterocycles. The van der Waals surface area contributed by atoms with E-state index >= 15 is 0 Å². The highest BCUT2D eigenvalue weighted by Gasteiger charge is 2.34. The fraction of sp³-hybridized carbons (Fsp3) is 0.429. The number of hydrogen-bond acceptors (Lipinski definition) is 5. The molecule has 0 spiro atoms. The van der Waals surface area contributed by atoms with E-state index in [2.05, 4.69) is 51.4 Å². The van der Waals surface area contributed by atoms with Crippen LogP contribution in [-0.2, 0) is 4.74 Å². The lowest BCUT2D eigenvalue weighted by Crippen LogP contribution is -2.41. The normalized spacial score (nSPS) is 23.4. The maximum Gasteiger partial charge on any atom is 0.255 e. The minimum atomic E-state index is -0.0502. The molecule has 2 saturated heterocycles. The molecule has 1 aromatic heterocycles. The molecule has 2 aliphatic rings. The Morgan fingerprint density at radius 2 is 1.89 bits per heavy atom. The van der Waals surface area contributed by atoms with Crippen LogP contribution in [0, 0.1) is 0 Å². The van der Waals surface area contributed by atoms with Crippen molar-refractivity contribution in [2.45, 2.75) is 18.5 Å². The summed E-state index contributed by atoms with van der Waals surface area (Å²) in [4.78, 5) is 22.1. The molecule has 1 N–H and O–H groups in total. The Kier molecular flexibility index (Phi) is 5.36. The van der Waals surface area contributed by atoms with Gasteiger partial charge in [-0.15, -0.1) is 0 Å². The molecule has 0 aliphatic carbocycles. The van der Waals surface area contributed by atoms with Crippen LogP contribution in [0.1, 0.15) is 28.4 Å². The predicted molar refractivity (Wildman–Crippen MR) is 105 cm³/mol. The highest BCUT2D eigenvalue weighted by molar-refractivity contribution is 5.99. The Morgan fingerprint density at radius 1 is 1.11 bits per heavy atom. The molecule has 0 bridgehead atoms. The molecule has 0 saturated carbocycles. The molecule has 6 heteroatoms. The number of likely N-dealkylation sites (tertiary alicyclic amines) is 1. The Morgan fingerprint density at radius 3 is 2.67 bits per heavy atom. The van der Waals surface area contributed by atoms with Crippen molar-refractivity contribution in [1.82, 2.24) is 15.2 Å². The fourth-order valence-electron chi connectivity index (χ4n) is 4.08. The number of nitrogens with one attached hydrogen (secondary N) is 1. The number of carbonyl (C=O) groups excluding carboxylic acids is 1. The topological polar surface area (TPSA) is 57.7 Å². The second-order valence-electron chi connectivity index (χ2n) is 7.18. The van der Waals surface area contributed by atoms with Gasteiger partial charge in [0.15, 0.2) is 0 Å². The summed E-state index contributed by atoms with van der Waals surface area (Å²) in [6.45, 7) is 3.82. The summed E-state index contributed by atoms with van der Waals surface area (Å²) in [5.41, 5.74) is 1.88. The number of amides is 1. The molecule has 0 radical (unpaired) electrons. The van der Waals surface area contributed by atoms with Gasteiger partial charge in [-0.05, 0) is 31.2 Å². The van der Waals surface area contributed by atoms with Crippen LogP contribution < -0.4 is 10.2 Å². The monoisotopic (exact) mass is 366 g/mol. The number of rotatable bonds is 4. The molecule has 2 unspecified atom stereocenters. The zero-order valence-corrected chi connectivity index (χ0v) is 15.7. The number of hydrogen-bond donors (Lipinski definition) is 1. The van der Waals surface area contributed by atoms with Gasteiger partial charge in [-0.1, -0.05) is 30.3 Å². The van der Waals surface area contributed by atoms with Gasteiger partial charge < -0.3 is 15.0 Å². The summed E-state index contributed by atoms with van der Waals surface area (Å²) in [7, 11) is 2.12. The zero-order valence-electron chi connectivity index (χ0n) is 15.7. The molecular formula is C21H26N4O2. The van der Waals surface area contributed by atoms with E-state index in [1.54, 1.807) is 6.20 Å². The fourth-order valence-corrected chi connectivity index (χ4v) is 4.08. The van der Waals surface area contributed by atoms with Gasteiger partial charge in [0, 0.05) is 25.8 Å². The molecule has 2 atom stereocenters. The first-order chi connectivity index (χ1) is 13.2. The van der Waals surface area contributed by atoms with Crippen LogP contribution in [-0.4, -0.2) is 61.7 Å². The molecule has 142 valence electrons. The molecule has 2 aromatic rings. The lowest BCUT2D eigenvalue weighted by Gasteiger charge is -2.30. The van der Waals surface area contributed by atoms with Gasteiger partial charge >= 0.3 is 0 Å². The number of nitrogens with zero attached hydrogens (tertiary/aromatic N) is 3. The average molecular weight is 366 g/mol. The summed E-state index contributed by atoms with van der Waals surface area (Å²) in [6, 6.07) is 14.4. The van der Waals surface area contributed by atoms with Crippen molar-refractivity contribution >= 4 is 11.7 Å². The zero-order chi connectivity index (χ0) is 18.6. The SMILES string of the molecule is CN1CCC(NC(=O)c2cccnc2N2CCOCC2)C1c1ccccc1. The minimum Gasteiger partial charge on any atom is -0.378 e. The molecular weight excluding hydrogens is 340 g/mol. The van der Waals surface area contributed by atoms with E-state index < -0.39 is 0 Å². The maximum atomic E-state index is 13.1. The third-order valence-corrected chi connectivity index (χ3v) is 5.45. The van der Waals surface area contributed by atoms with E-state index in [0.29, 0.717) is 18.8 Å². The lowest BCUT2D eigenvalue weighted by atomic mass is 10.00. The average Bonchev–Trinajstić information content (AvgIpc) is 3.09. The van der Waals surface area contributed by atoms with Gasteiger partial charge in [0.1, 0.15) is 5.82 Å². The Bertz CT molecular complexity index is 777. The molecule has 4 rings (SSSR count). The standard InChI is InChI=1S/C21H26N4O2/c1-24-11-9-18(19(24)16-6-3-2-4-7-16)23-21(26)17-8-5-10-22-20(17)25-12-14-27-15-13-25/h2-8,10,18-19H,9,11-15H2,1H3,(H,23,26). The summed E-state index contributed by atoms with van der Waals surface area (Å²) < 4.78 is 5.43. The van der Waals surface area contributed by atoms with E-state index in [-0.39, 0.29) is 18.0 Å². The third-order valence-electron chi connectivity index (χ3n) is 5.45. The van der Waals surface area contributed by atoms with E-state index in [1.807, 2.05) is 18.2 Å². The lowest BCUT2D eigenvalue weighted by molar-refractivity contribution is 0.0926. The summed E-state index contributed by atoms with van der Waals surface area (Å²) in [6.07, 6.45) is 2.69. The van der Waals surface area contributed by atoms with E-state index in [9.17, 15) is 4.79 Å². The number of morpholine rings is 1. The van der Waals surface area contributed by atoms with Crippen LogP contribution in [0.15, 0.2) is 48.7 Å². The second-order valence-corrected chi connectivity index (χ2v) is 7.18. The minimum absolute atomic E-state index is 0.0502. The molecule has 1 amide bonds. The van der Waals surface area contributed by atoms with Gasteiger partial charge in [0.2, 0.25) is 0 Å².